The minimum Gasteiger partial charge on any atom is -0.394 e. The minimum absolute atomic E-state index is 0.363. The Hall–Kier alpha value is 0.150. The molecule has 19 heavy (non-hydrogen) atoms. The highest BCUT2D eigenvalue weighted by atomic mass is 32.2. The molecule has 1 rings (SSSR count). The van der Waals surface area contributed by atoms with Crippen molar-refractivity contribution in [2.75, 3.05) is 12.4 Å². The molecule has 1 heterocycles. The first-order valence-corrected chi connectivity index (χ1v) is 8.08. The van der Waals surface area contributed by atoms with Crippen molar-refractivity contribution in [1.82, 2.24) is 0 Å². The SMILES string of the molecule is CCCCCCCS[C@@H]1O[C@@H](CO)[C@@H](O)[C@H](O)[C@@H]1O. The van der Waals surface area contributed by atoms with E-state index in [-0.39, 0.29) is 6.61 Å². The molecule has 0 aliphatic carbocycles. The Morgan fingerprint density at radius 1 is 0.947 bits per heavy atom. The molecular weight excluding hydrogens is 268 g/mol. The fourth-order valence-corrected chi connectivity index (χ4v) is 3.29. The van der Waals surface area contributed by atoms with Gasteiger partial charge in [-0.1, -0.05) is 32.6 Å². The molecule has 0 aromatic carbocycles. The first-order chi connectivity index (χ1) is 9.11. The van der Waals surface area contributed by atoms with E-state index >= 15 is 0 Å². The molecule has 0 radical (unpaired) electrons. The van der Waals surface area contributed by atoms with E-state index in [2.05, 4.69) is 6.92 Å². The predicted molar refractivity (Wildman–Crippen MR) is 75.0 cm³/mol. The van der Waals surface area contributed by atoms with Crippen molar-refractivity contribution in [2.45, 2.75) is 68.9 Å². The van der Waals surface area contributed by atoms with Crippen LogP contribution in [0.1, 0.15) is 39.0 Å². The summed E-state index contributed by atoms with van der Waals surface area (Å²) in [6.45, 7) is 1.81. The van der Waals surface area contributed by atoms with E-state index < -0.39 is 29.9 Å². The maximum absolute atomic E-state index is 9.82. The second-order valence-corrected chi connectivity index (χ2v) is 6.19. The number of thioether (sulfide) groups is 1. The van der Waals surface area contributed by atoms with Crippen LogP contribution in [0.25, 0.3) is 0 Å². The van der Waals surface area contributed by atoms with Gasteiger partial charge in [0.25, 0.3) is 0 Å². The normalized spacial score (nSPS) is 35.5. The van der Waals surface area contributed by atoms with Gasteiger partial charge in [-0.15, -0.1) is 11.8 Å². The molecule has 1 aliphatic rings. The molecular formula is C13H26O5S. The summed E-state index contributed by atoms with van der Waals surface area (Å²) in [5.41, 5.74) is -0.582. The van der Waals surface area contributed by atoms with Crippen molar-refractivity contribution in [3.8, 4) is 0 Å². The van der Waals surface area contributed by atoms with E-state index in [1.165, 1.54) is 31.0 Å². The van der Waals surface area contributed by atoms with Crippen LogP contribution in [0.5, 0.6) is 0 Å². The zero-order valence-electron chi connectivity index (χ0n) is 11.4. The molecule has 114 valence electrons. The lowest BCUT2D eigenvalue weighted by molar-refractivity contribution is -0.205. The number of ether oxygens (including phenoxy) is 1. The van der Waals surface area contributed by atoms with Crippen LogP contribution in [0, 0.1) is 0 Å². The Morgan fingerprint density at radius 2 is 1.63 bits per heavy atom. The average molecular weight is 294 g/mol. The lowest BCUT2D eigenvalue weighted by Crippen LogP contribution is -2.57. The molecule has 0 unspecified atom stereocenters. The van der Waals surface area contributed by atoms with Crippen LogP contribution in [0.4, 0.5) is 0 Å². The number of aliphatic hydroxyl groups excluding tert-OH is 4. The number of unbranched alkanes of at least 4 members (excludes halogenated alkanes) is 4. The fraction of sp³-hybridized carbons (Fsp3) is 1.00. The van der Waals surface area contributed by atoms with Gasteiger partial charge < -0.3 is 25.2 Å². The van der Waals surface area contributed by atoms with Gasteiger partial charge in [0.15, 0.2) is 0 Å². The zero-order valence-corrected chi connectivity index (χ0v) is 12.3. The van der Waals surface area contributed by atoms with Crippen LogP contribution in [-0.4, -0.2) is 62.6 Å². The molecule has 5 nitrogen and oxygen atoms in total. The van der Waals surface area contributed by atoms with E-state index in [9.17, 15) is 15.3 Å². The smallest absolute Gasteiger partial charge is 0.132 e. The summed E-state index contributed by atoms with van der Waals surface area (Å²) in [7, 11) is 0. The Morgan fingerprint density at radius 3 is 2.26 bits per heavy atom. The van der Waals surface area contributed by atoms with Gasteiger partial charge in [0, 0.05) is 0 Å². The second kappa shape index (κ2) is 9.15. The van der Waals surface area contributed by atoms with E-state index in [0.29, 0.717) is 0 Å². The van der Waals surface area contributed by atoms with Crippen LogP contribution in [0.3, 0.4) is 0 Å². The molecule has 4 N–H and O–H groups in total. The van der Waals surface area contributed by atoms with Crippen molar-refractivity contribution >= 4 is 11.8 Å². The number of hydrogen-bond acceptors (Lipinski definition) is 6. The third-order valence-corrected chi connectivity index (χ3v) is 4.62. The highest BCUT2D eigenvalue weighted by molar-refractivity contribution is 7.99. The Balaban J connectivity index is 2.28. The summed E-state index contributed by atoms with van der Waals surface area (Å²) < 4.78 is 5.41. The van der Waals surface area contributed by atoms with Gasteiger partial charge in [-0.2, -0.15) is 0 Å². The summed E-state index contributed by atoms with van der Waals surface area (Å²) in [5, 5.41) is 38.2. The summed E-state index contributed by atoms with van der Waals surface area (Å²) in [6.07, 6.45) is 1.42. The van der Waals surface area contributed by atoms with Gasteiger partial charge in [0.1, 0.15) is 29.9 Å². The van der Waals surface area contributed by atoms with Crippen molar-refractivity contribution in [3.63, 3.8) is 0 Å². The van der Waals surface area contributed by atoms with E-state index in [1.54, 1.807) is 0 Å². The third kappa shape index (κ3) is 5.21. The quantitative estimate of drug-likeness (QED) is 0.487. The Kier molecular flexibility index (Phi) is 8.29. The lowest BCUT2D eigenvalue weighted by atomic mass is 10.0. The molecule has 0 saturated carbocycles. The minimum atomic E-state index is -1.26. The summed E-state index contributed by atoms with van der Waals surface area (Å²) in [6, 6.07) is 0. The van der Waals surface area contributed by atoms with E-state index in [1.807, 2.05) is 0 Å². The highest BCUT2D eigenvalue weighted by Crippen LogP contribution is 2.29. The summed E-state index contributed by atoms with van der Waals surface area (Å²) in [5.74, 6) is 0.840. The van der Waals surface area contributed by atoms with Crippen LogP contribution < -0.4 is 0 Å². The maximum atomic E-state index is 9.82. The van der Waals surface area contributed by atoms with Gasteiger partial charge in [0.05, 0.1) is 6.61 Å². The lowest BCUT2D eigenvalue weighted by Gasteiger charge is -2.39. The summed E-state index contributed by atoms with van der Waals surface area (Å²) >= 11 is 1.43. The van der Waals surface area contributed by atoms with Gasteiger partial charge in [-0.05, 0) is 12.2 Å². The topological polar surface area (TPSA) is 90.2 Å². The molecule has 1 fully saturated rings. The zero-order chi connectivity index (χ0) is 14.3. The molecule has 5 atom stereocenters. The molecule has 6 heteroatoms. The molecule has 0 bridgehead atoms. The van der Waals surface area contributed by atoms with Crippen LogP contribution in [0.15, 0.2) is 0 Å². The highest BCUT2D eigenvalue weighted by Gasteiger charge is 2.43. The molecule has 0 amide bonds. The van der Waals surface area contributed by atoms with Crippen LogP contribution in [-0.2, 0) is 4.74 Å². The molecule has 1 saturated heterocycles. The van der Waals surface area contributed by atoms with Gasteiger partial charge in [-0.3, -0.25) is 0 Å². The Labute approximate surface area is 119 Å². The number of hydrogen-bond donors (Lipinski definition) is 4. The van der Waals surface area contributed by atoms with E-state index in [0.717, 1.165) is 18.6 Å². The molecule has 0 aromatic heterocycles. The monoisotopic (exact) mass is 294 g/mol. The second-order valence-electron chi connectivity index (χ2n) is 4.98. The van der Waals surface area contributed by atoms with Gasteiger partial charge in [0.2, 0.25) is 0 Å². The predicted octanol–water partition coefficient (Wildman–Crippen LogP) is 0.490. The number of rotatable bonds is 8. The van der Waals surface area contributed by atoms with Gasteiger partial charge >= 0.3 is 0 Å². The van der Waals surface area contributed by atoms with Gasteiger partial charge in [-0.25, -0.2) is 0 Å². The molecule has 1 aliphatic heterocycles. The third-order valence-electron chi connectivity index (χ3n) is 3.38. The molecule has 0 spiro atoms. The average Bonchev–Trinajstić information content (AvgIpc) is 2.42. The maximum Gasteiger partial charge on any atom is 0.132 e. The largest absolute Gasteiger partial charge is 0.394 e. The number of aliphatic hydroxyl groups is 4. The fourth-order valence-electron chi connectivity index (χ4n) is 2.11. The Bertz CT molecular complexity index is 239. The molecule has 0 aromatic rings. The first-order valence-electron chi connectivity index (χ1n) is 7.04. The van der Waals surface area contributed by atoms with Crippen molar-refractivity contribution in [2.24, 2.45) is 0 Å². The van der Waals surface area contributed by atoms with Crippen molar-refractivity contribution < 1.29 is 25.2 Å². The standard InChI is InChI=1S/C13H26O5S/c1-2-3-4-5-6-7-19-13-12(17)11(16)10(15)9(8-14)18-13/h9-17H,2-8H2,1H3/t9-,10+,11-,12-,13-/m0/s1. The summed E-state index contributed by atoms with van der Waals surface area (Å²) in [4.78, 5) is 0. The van der Waals surface area contributed by atoms with E-state index in [4.69, 9.17) is 9.84 Å². The first kappa shape index (κ1) is 17.2. The van der Waals surface area contributed by atoms with Crippen LogP contribution in [0.2, 0.25) is 0 Å². The van der Waals surface area contributed by atoms with Crippen molar-refractivity contribution in [3.05, 3.63) is 0 Å². The van der Waals surface area contributed by atoms with Crippen molar-refractivity contribution in [1.29, 1.82) is 0 Å². The van der Waals surface area contributed by atoms with Crippen LogP contribution >= 0.6 is 11.8 Å².